The van der Waals surface area contributed by atoms with Crippen LogP contribution >= 0.6 is 0 Å². The van der Waals surface area contributed by atoms with Gasteiger partial charge in [-0.2, -0.15) is 0 Å². The summed E-state index contributed by atoms with van der Waals surface area (Å²) in [6.45, 7) is 3.25. The summed E-state index contributed by atoms with van der Waals surface area (Å²) in [5.41, 5.74) is 2.98. The number of carbonyl (C=O) groups is 1. The van der Waals surface area contributed by atoms with Gasteiger partial charge in [0.25, 0.3) is 0 Å². The van der Waals surface area contributed by atoms with Crippen molar-refractivity contribution in [1.82, 2.24) is 9.88 Å². The molecule has 5 rings (SSSR count). The summed E-state index contributed by atoms with van der Waals surface area (Å²) in [6, 6.07) is 9.80. The molecule has 0 amide bonds. The number of fused-ring (bicyclic) bond motifs is 3. The number of nitrogens with zero attached hydrogens (tertiary/aromatic N) is 1. The van der Waals surface area contributed by atoms with E-state index in [2.05, 4.69) is 16.8 Å². The standard InChI is InChI=1S/C25H24F2N2O3/c1-14-10-18-17-4-2-3-5-21(17)28-24(18)25(29(14)16-8-9-32-13-16)23-19(26)11-15(12-20(23)27)6-7-22(30)31/h2-7,11-12,14,16,25,28H,8-10,13H2,1H3,(H,30,31)/b7-6+/t14-,16+,25-/m1/s1. The number of halogens is 2. The summed E-state index contributed by atoms with van der Waals surface area (Å²) in [6.07, 6.45) is 3.64. The molecule has 2 N–H and O–H groups in total. The summed E-state index contributed by atoms with van der Waals surface area (Å²) in [4.78, 5) is 16.4. The van der Waals surface area contributed by atoms with Gasteiger partial charge in [0.1, 0.15) is 11.6 Å². The Morgan fingerprint density at radius 1 is 1.25 bits per heavy atom. The average molecular weight is 438 g/mol. The van der Waals surface area contributed by atoms with Gasteiger partial charge in [-0.3, -0.25) is 4.90 Å². The second-order valence-corrected chi connectivity index (χ2v) is 8.55. The Bertz CT molecular complexity index is 1190. The molecule has 2 aliphatic rings. The molecule has 0 saturated carbocycles. The molecule has 2 aromatic carbocycles. The minimum Gasteiger partial charge on any atom is -0.478 e. The van der Waals surface area contributed by atoms with Crippen molar-refractivity contribution in [2.75, 3.05) is 13.2 Å². The van der Waals surface area contributed by atoms with Crippen LogP contribution in [0.2, 0.25) is 0 Å². The Balaban J connectivity index is 1.69. The lowest BCUT2D eigenvalue weighted by Gasteiger charge is -2.44. The zero-order chi connectivity index (χ0) is 22.4. The van der Waals surface area contributed by atoms with Gasteiger partial charge in [0.15, 0.2) is 0 Å². The predicted molar refractivity (Wildman–Crippen MR) is 117 cm³/mol. The third-order valence-electron chi connectivity index (χ3n) is 6.55. The summed E-state index contributed by atoms with van der Waals surface area (Å²) < 4.78 is 36.5. The topological polar surface area (TPSA) is 65.6 Å². The van der Waals surface area contributed by atoms with E-state index >= 15 is 8.78 Å². The van der Waals surface area contributed by atoms with E-state index in [1.54, 1.807) is 0 Å². The second-order valence-electron chi connectivity index (χ2n) is 8.55. The minimum absolute atomic E-state index is 0.0243. The smallest absolute Gasteiger partial charge is 0.328 e. The molecule has 166 valence electrons. The summed E-state index contributed by atoms with van der Waals surface area (Å²) >= 11 is 0. The Morgan fingerprint density at radius 3 is 2.69 bits per heavy atom. The summed E-state index contributed by atoms with van der Waals surface area (Å²) in [5, 5.41) is 9.91. The number of carboxylic acids is 1. The number of para-hydroxylation sites is 1. The van der Waals surface area contributed by atoms with Crippen LogP contribution in [-0.4, -0.2) is 46.3 Å². The molecule has 1 saturated heterocycles. The van der Waals surface area contributed by atoms with Crippen molar-refractivity contribution in [1.29, 1.82) is 0 Å². The lowest BCUT2D eigenvalue weighted by molar-refractivity contribution is -0.131. The highest BCUT2D eigenvalue weighted by Gasteiger charge is 2.42. The molecule has 3 aromatic rings. The van der Waals surface area contributed by atoms with Crippen LogP contribution in [0.25, 0.3) is 17.0 Å². The van der Waals surface area contributed by atoms with Crippen LogP contribution in [-0.2, 0) is 16.0 Å². The van der Waals surface area contributed by atoms with Crippen molar-refractivity contribution < 1.29 is 23.4 Å². The number of aliphatic carboxylic acids is 1. The van der Waals surface area contributed by atoms with E-state index in [-0.39, 0.29) is 23.2 Å². The molecule has 2 aliphatic heterocycles. The van der Waals surface area contributed by atoms with Gasteiger partial charge < -0.3 is 14.8 Å². The monoisotopic (exact) mass is 438 g/mol. The lowest BCUT2D eigenvalue weighted by Crippen LogP contribution is -2.49. The second kappa shape index (κ2) is 8.15. The highest BCUT2D eigenvalue weighted by atomic mass is 19.1. The maximum atomic E-state index is 15.5. The maximum Gasteiger partial charge on any atom is 0.328 e. The number of benzene rings is 2. The number of H-pyrrole nitrogens is 1. The number of aromatic nitrogens is 1. The molecule has 0 unspecified atom stereocenters. The van der Waals surface area contributed by atoms with Crippen LogP contribution in [0.3, 0.4) is 0 Å². The number of hydrogen-bond acceptors (Lipinski definition) is 3. The number of rotatable bonds is 4. The van der Waals surface area contributed by atoms with Crippen LogP contribution in [0.1, 0.15) is 41.8 Å². The van der Waals surface area contributed by atoms with Crippen LogP contribution in [0, 0.1) is 11.6 Å². The largest absolute Gasteiger partial charge is 0.478 e. The third-order valence-corrected chi connectivity index (χ3v) is 6.55. The summed E-state index contributed by atoms with van der Waals surface area (Å²) in [7, 11) is 0. The van der Waals surface area contributed by atoms with Gasteiger partial charge in [-0.25, -0.2) is 13.6 Å². The fourth-order valence-corrected chi connectivity index (χ4v) is 5.23. The third kappa shape index (κ3) is 3.51. The fourth-order valence-electron chi connectivity index (χ4n) is 5.23. The molecule has 3 atom stereocenters. The maximum absolute atomic E-state index is 15.5. The Labute approximate surface area is 184 Å². The molecule has 0 radical (unpaired) electrons. The van der Waals surface area contributed by atoms with Crippen LogP contribution < -0.4 is 0 Å². The Kier molecular flexibility index (Phi) is 5.31. The fraction of sp³-hybridized carbons (Fsp3) is 0.320. The van der Waals surface area contributed by atoms with Gasteiger partial charge in [-0.05, 0) is 55.2 Å². The number of hydrogen-bond donors (Lipinski definition) is 2. The molecule has 7 heteroatoms. The van der Waals surface area contributed by atoms with Gasteiger partial charge >= 0.3 is 5.97 Å². The molecule has 1 aromatic heterocycles. The van der Waals surface area contributed by atoms with Crippen LogP contribution in [0.15, 0.2) is 42.5 Å². The first kappa shape index (κ1) is 20.8. The first-order chi connectivity index (χ1) is 15.4. The molecule has 1 fully saturated rings. The van der Waals surface area contributed by atoms with Gasteiger partial charge in [0.2, 0.25) is 0 Å². The van der Waals surface area contributed by atoms with Crippen LogP contribution in [0.5, 0.6) is 0 Å². The van der Waals surface area contributed by atoms with E-state index in [9.17, 15) is 4.79 Å². The number of carboxylic acid groups (broad SMARTS) is 1. The summed E-state index contributed by atoms with van der Waals surface area (Å²) in [5.74, 6) is -2.56. The van der Waals surface area contributed by atoms with Crippen molar-refractivity contribution in [3.05, 3.63) is 76.5 Å². The van der Waals surface area contributed by atoms with Crippen molar-refractivity contribution >= 4 is 22.9 Å². The van der Waals surface area contributed by atoms with Crippen molar-refractivity contribution in [2.45, 2.75) is 37.9 Å². The van der Waals surface area contributed by atoms with Crippen molar-refractivity contribution in [3.63, 3.8) is 0 Å². The van der Waals surface area contributed by atoms with Crippen molar-refractivity contribution in [2.24, 2.45) is 0 Å². The molecule has 0 spiro atoms. The van der Waals surface area contributed by atoms with Crippen LogP contribution in [0.4, 0.5) is 8.78 Å². The lowest BCUT2D eigenvalue weighted by atomic mass is 9.86. The van der Waals surface area contributed by atoms with E-state index in [4.69, 9.17) is 9.84 Å². The highest BCUT2D eigenvalue weighted by molar-refractivity contribution is 5.86. The normalized spacial score (nSPS) is 23.8. The predicted octanol–water partition coefficient (Wildman–Crippen LogP) is 4.67. The first-order valence-electron chi connectivity index (χ1n) is 10.8. The molecular weight excluding hydrogens is 414 g/mol. The number of nitrogens with one attached hydrogen (secondary N) is 1. The average Bonchev–Trinajstić information content (AvgIpc) is 3.40. The molecular formula is C25H24F2N2O3. The zero-order valence-corrected chi connectivity index (χ0v) is 17.6. The molecule has 0 bridgehead atoms. The number of aromatic amines is 1. The van der Waals surface area contributed by atoms with Gasteiger partial charge in [0.05, 0.1) is 12.6 Å². The van der Waals surface area contributed by atoms with E-state index in [1.165, 1.54) is 18.2 Å². The van der Waals surface area contributed by atoms with Gasteiger partial charge in [0, 0.05) is 46.9 Å². The molecule has 32 heavy (non-hydrogen) atoms. The molecule has 3 heterocycles. The Hall–Kier alpha value is -3.03. The van der Waals surface area contributed by atoms with Gasteiger partial charge in [-0.1, -0.05) is 18.2 Å². The minimum atomic E-state index is -1.17. The Morgan fingerprint density at radius 2 is 2.00 bits per heavy atom. The van der Waals surface area contributed by atoms with E-state index in [0.29, 0.717) is 13.2 Å². The molecule has 0 aliphatic carbocycles. The SMILES string of the molecule is C[C@@H]1Cc2c([nH]c3ccccc23)[C@@H](c2c(F)cc(/C=C/C(=O)O)cc2F)N1[C@H]1CCOC1. The van der Waals surface area contributed by atoms with Gasteiger partial charge in [-0.15, -0.1) is 0 Å². The van der Waals surface area contributed by atoms with Crippen molar-refractivity contribution in [3.8, 4) is 0 Å². The quantitative estimate of drug-likeness (QED) is 0.581. The molecule has 5 nitrogen and oxygen atoms in total. The first-order valence-corrected chi connectivity index (χ1v) is 10.8. The zero-order valence-electron chi connectivity index (χ0n) is 17.6. The van der Waals surface area contributed by atoms with E-state index in [0.717, 1.165) is 41.1 Å². The van der Waals surface area contributed by atoms with E-state index in [1.807, 2.05) is 24.3 Å². The highest BCUT2D eigenvalue weighted by Crippen LogP contribution is 2.44. The number of ether oxygens (including phenoxy) is 1. The van der Waals surface area contributed by atoms with E-state index < -0.39 is 23.6 Å².